The molecular weight excluding hydrogens is 322 g/mol. The molecule has 0 radical (unpaired) electrons. The van der Waals surface area contributed by atoms with Gasteiger partial charge in [0.2, 0.25) is 5.91 Å². The van der Waals surface area contributed by atoms with Crippen molar-refractivity contribution in [2.45, 2.75) is 52.5 Å². The molecule has 1 aromatic heterocycles. The molecule has 3 unspecified atom stereocenters. The van der Waals surface area contributed by atoms with Crippen LogP contribution >= 0.6 is 0 Å². The van der Waals surface area contributed by atoms with E-state index in [4.69, 9.17) is 5.10 Å². The predicted octanol–water partition coefficient (Wildman–Crippen LogP) is 4.27. The molecule has 4 nitrogen and oxygen atoms in total. The number of benzene rings is 1. The van der Waals surface area contributed by atoms with Gasteiger partial charge in [0, 0.05) is 31.3 Å². The first-order valence-corrected chi connectivity index (χ1v) is 9.87. The zero-order chi connectivity index (χ0) is 18.3. The number of carbonyl (C=O) groups is 1. The molecule has 0 aliphatic heterocycles. The average Bonchev–Trinajstić information content (AvgIpc) is 3.33. The predicted molar refractivity (Wildman–Crippen MR) is 103 cm³/mol. The molecule has 0 saturated heterocycles. The third-order valence-corrected chi connectivity index (χ3v) is 6.58. The van der Waals surface area contributed by atoms with E-state index in [1.54, 1.807) is 0 Å². The molecule has 2 aliphatic carbocycles. The van der Waals surface area contributed by atoms with Gasteiger partial charge in [-0.3, -0.25) is 4.79 Å². The maximum atomic E-state index is 12.8. The molecule has 0 spiro atoms. The van der Waals surface area contributed by atoms with Gasteiger partial charge in [0.05, 0.1) is 11.4 Å². The molecule has 26 heavy (non-hydrogen) atoms. The van der Waals surface area contributed by atoms with Gasteiger partial charge < -0.3 is 4.90 Å². The maximum Gasteiger partial charge on any atom is 0.222 e. The van der Waals surface area contributed by atoms with Gasteiger partial charge in [0.25, 0.3) is 0 Å². The molecule has 4 heteroatoms. The Morgan fingerprint density at radius 1 is 1.19 bits per heavy atom. The van der Waals surface area contributed by atoms with E-state index in [0.29, 0.717) is 12.5 Å². The van der Waals surface area contributed by atoms with E-state index in [0.717, 1.165) is 40.9 Å². The molecule has 2 fully saturated rings. The molecule has 2 aliphatic rings. The van der Waals surface area contributed by atoms with E-state index >= 15 is 0 Å². The standard InChI is InChI=1S/C22H29N3O/c1-15-21(16(2)25(23-15)20-7-5-4-6-8-20)14-24(3)22(26)13-19-12-17-9-10-18(19)11-17/h4-8,17-19H,9-14H2,1-3H3. The van der Waals surface area contributed by atoms with Crippen molar-refractivity contribution in [1.29, 1.82) is 0 Å². The summed E-state index contributed by atoms with van der Waals surface area (Å²) in [5.74, 6) is 2.62. The van der Waals surface area contributed by atoms with Crippen molar-refractivity contribution < 1.29 is 4.79 Å². The summed E-state index contributed by atoms with van der Waals surface area (Å²) >= 11 is 0. The number of hydrogen-bond acceptors (Lipinski definition) is 2. The van der Waals surface area contributed by atoms with Crippen molar-refractivity contribution >= 4 is 5.91 Å². The average molecular weight is 351 g/mol. The fourth-order valence-electron chi connectivity index (χ4n) is 5.06. The van der Waals surface area contributed by atoms with Crippen LogP contribution < -0.4 is 0 Å². The lowest BCUT2D eigenvalue weighted by Gasteiger charge is -2.24. The molecule has 2 bridgehead atoms. The lowest BCUT2D eigenvalue weighted by atomic mass is 9.86. The zero-order valence-corrected chi connectivity index (χ0v) is 16.1. The van der Waals surface area contributed by atoms with Gasteiger partial charge in [0.1, 0.15) is 0 Å². The highest BCUT2D eigenvalue weighted by Crippen LogP contribution is 2.49. The molecule has 3 atom stereocenters. The van der Waals surface area contributed by atoms with Crippen molar-refractivity contribution in [2.75, 3.05) is 7.05 Å². The van der Waals surface area contributed by atoms with Crippen LogP contribution in [0.3, 0.4) is 0 Å². The molecule has 138 valence electrons. The van der Waals surface area contributed by atoms with Gasteiger partial charge in [-0.05, 0) is 63.0 Å². The smallest absolute Gasteiger partial charge is 0.222 e. The van der Waals surface area contributed by atoms with Crippen LogP contribution in [0.2, 0.25) is 0 Å². The molecule has 2 saturated carbocycles. The number of fused-ring (bicyclic) bond motifs is 2. The van der Waals surface area contributed by atoms with Crippen LogP contribution in [-0.4, -0.2) is 27.6 Å². The summed E-state index contributed by atoms with van der Waals surface area (Å²) in [5.41, 5.74) is 4.35. The SMILES string of the molecule is Cc1nn(-c2ccccc2)c(C)c1CN(C)C(=O)CC1CC2CCC1C2. The number of nitrogens with zero attached hydrogens (tertiary/aromatic N) is 3. The van der Waals surface area contributed by atoms with E-state index in [1.807, 2.05) is 41.8 Å². The largest absolute Gasteiger partial charge is 0.341 e. The summed E-state index contributed by atoms with van der Waals surface area (Å²) < 4.78 is 1.99. The first kappa shape index (κ1) is 17.3. The highest BCUT2D eigenvalue weighted by molar-refractivity contribution is 5.76. The summed E-state index contributed by atoms with van der Waals surface area (Å²) in [5, 5.41) is 4.71. The normalized spacial score (nSPS) is 24.2. The monoisotopic (exact) mass is 351 g/mol. The number of para-hydroxylation sites is 1. The maximum absolute atomic E-state index is 12.8. The molecular formula is C22H29N3O. The number of aromatic nitrogens is 2. The molecule has 1 aromatic carbocycles. The Bertz CT molecular complexity index is 795. The van der Waals surface area contributed by atoms with E-state index in [2.05, 4.69) is 19.1 Å². The van der Waals surface area contributed by atoms with Crippen LogP contribution in [0.1, 0.15) is 49.1 Å². The number of rotatable bonds is 5. The van der Waals surface area contributed by atoms with Gasteiger partial charge in [-0.1, -0.05) is 24.6 Å². The lowest BCUT2D eigenvalue weighted by molar-refractivity contribution is -0.131. The molecule has 1 heterocycles. The van der Waals surface area contributed by atoms with Crippen LogP contribution in [0, 0.1) is 31.6 Å². The second kappa shape index (κ2) is 6.90. The summed E-state index contributed by atoms with van der Waals surface area (Å²) in [6.45, 7) is 4.77. The van der Waals surface area contributed by atoms with Crippen molar-refractivity contribution in [3.05, 3.63) is 47.3 Å². The first-order valence-electron chi connectivity index (χ1n) is 9.87. The van der Waals surface area contributed by atoms with E-state index in [9.17, 15) is 4.79 Å². The lowest BCUT2D eigenvalue weighted by Crippen LogP contribution is -2.29. The minimum Gasteiger partial charge on any atom is -0.341 e. The minimum absolute atomic E-state index is 0.286. The third-order valence-electron chi connectivity index (χ3n) is 6.58. The molecule has 2 aromatic rings. The van der Waals surface area contributed by atoms with Gasteiger partial charge in [-0.25, -0.2) is 4.68 Å². The Labute approximate surface area is 156 Å². The molecule has 0 N–H and O–H groups in total. The van der Waals surface area contributed by atoms with Crippen molar-refractivity contribution in [2.24, 2.45) is 17.8 Å². The fraction of sp³-hybridized carbons (Fsp3) is 0.545. The summed E-state index contributed by atoms with van der Waals surface area (Å²) in [6.07, 6.45) is 6.09. The summed E-state index contributed by atoms with van der Waals surface area (Å²) in [4.78, 5) is 14.7. The quantitative estimate of drug-likeness (QED) is 0.807. The second-order valence-electron chi connectivity index (χ2n) is 8.29. The Morgan fingerprint density at radius 2 is 1.96 bits per heavy atom. The molecule has 4 rings (SSSR count). The minimum atomic E-state index is 0.286. The zero-order valence-electron chi connectivity index (χ0n) is 16.1. The highest BCUT2D eigenvalue weighted by atomic mass is 16.2. The summed E-state index contributed by atoms with van der Waals surface area (Å²) in [7, 11) is 1.94. The Hall–Kier alpha value is -2.10. The Morgan fingerprint density at radius 3 is 2.62 bits per heavy atom. The van der Waals surface area contributed by atoms with Crippen molar-refractivity contribution in [1.82, 2.24) is 14.7 Å². The van der Waals surface area contributed by atoms with Crippen LogP contribution in [0.5, 0.6) is 0 Å². The van der Waals surface area contributed by atoms with Crippen LogP contribution in [-0.2, 0) is 11.3 Å². The van der Waals surface area contributed by atoms with Crippen LogP contribution in [0.25, 0.3) is 5.69 Å². The number of aryl methyl sites for hydroxylation is 1. The van der Waals surface area contributed by atoms with Crippen molar-refractivity contribution in [3.63, 3.8) is 0 Å². The van der Waals surface area contributed by atoms with E-state index in [1.165, 1.54) is 25.7 Å². The topological polar surface area (TPSA) is 38.1 Å². The van der Waals surface area contributed by atoms with Gasteiger partial charge in [0.15, 0.2) is 0 Å². The highest BCUT2D eigenvalue weighted by Gasteiger charge is 2.40. The summed E-state index contributed by atoms with van der Waals surface area (Å²) in [6, 6.07) is 10.2. The second-order valence-corrected chi connectivity index (χ2v) is 8.29. The number of carbonyl (C=O) groups excluding carboxylic acids is 1. The molecule has 1 amide bonds. The van der Waals surface area contributed by atoms with Crippen LogP contribution in [0.15, 0.2) is 30.3 Å². The Balaban J connectivity index is 1.45. The van der Waals surface area contributed by atoms with E-state index in [-0.39, 0.29) is 5.91 Å². The fourth-order valence-corrected chi connectivity index (χ4v) is 5.06. The van der Waals surface area contributed by atoms with Gasteiger partial charge >= 0.3 is 0 Å². The number of amides is 1. The van der Waals surface area contributed by atoms with Gasteiger partial charge in [-0.15, -0.1) is 0 Å². The van der Waals surface area contributed by atoms with Crippen LogP contribution in [0.4, 0.5) is 0 Å². The first-order chi connectivity index (χ1) is 12.5. The van der Waals surface area contributed by atoms with Crippen molar-refractivity contribution in [3.8, 4) is 5.69 Å². The Kier molecular flexibility index (Phi) is 4.60. The third kappa shape index (κ3) is 3.17. The van der Waals surface area contributed by atoms with Gasteiger partial charge in [-0.2, -0.15) is 5.10 Å². The van der Waals surface area contributed by atoms with E-state index < -0.39 is 0 Å². The number of hydrogen-bond donors (Lipinski definition) is 0.